The van der Waals surface area contributed by atoms with Gasteiger partial charge in [-0.1, -0.05) is 35.4 Å². The van der Waals surface area contributed by atoms with Crippen molar-refractivity contribution in [1.29, 1.82) is 0 Å². The summed E-state index contributed by atoms with van der Waals surface area (Å²) in [5.41, 5.74) is 1.91. The Balaban J connectivity index is 2.19. The van der Waals surface area contributed by atoms with E-state index >= 15 is 0 Å². The van der Waals surface area contributed by atoms with E-state index in [2.05, 4.69) is 4.99 Å². The molecular formula is C21H17N5O5. The molecule has 0 saturated carbocycles. The molecule has 0 aliphatic heterocycles. The van der Waals surface area contributed by atoms with E-state index in [1.807, 2.05) is 38.1 Å². The van der Waals surface area contributed by atoms with Crippen molar-refractivity contribution in [3.05, 3.63) is 97.5 Å². The van der Waals surface area contributed by atoms with E-state index in [0.717, 1.165) is 23.3 Å². The van der Waals surface area contributed by atoms with Crippen molar-refractivity contribution in [2.75, 3.05) is 0 Å². The van der Waals surface area contributed by atoms with E-state index in [0.29, 0.717) is 16.2 Å². The van der Waals surface area contributed by atoms with Gasteiger partial charge >= 0.3 is 0 Å². The lowest BCUT2D eigenvalue weighted by molar-refractivity contribution is -0.393. The fraction of sp³-hybridized carbons (Fsp3) is 0.0952. The molecule has 31 heavy (non-hydrogen) atoms. The molecule has 156 valence electrons. The summed E-state index contributed by atoms with van der Waals surface area (Å²) < 4.78 is 1.28. The highest BCUT2D eigenvalue weighted by Gasteiger charge is 2.27. The minimum absolute atomic E-state index is 0.0146. The lowest BCUT2D eigenvalue weighted by atomic mass is 10.2. The molecule has 0 radical (unpaired) electrons. The third kappa shape index (κ3) is 3.50. The molecule has 0 spiro atoms. The van der Waals surface area contributed by atoms with Gasteiger partial charge in [-0.05, 0) is 38.1 Å². The van der Waals surface area contributed by atoms with E-state index in [1.54, 1.807) is 24.3 Å². The van der Waals surface area contributed by atoms with Gasteiger partial charge in [0, 0.05) is 6.07 Å². The smallest absolute Gasteiger partial charge is 0.289 e. The summed E-state index contributed by atoms with van der Waals surface area (Å²) in [5.74, 6) is 0. The zero-order valence-corrected chi connectivity index (χ0v) is 16.6. The largest absolute Gasteiger partial charge is 0.412 e. The quantitative estimate of drug-likeness (QED) is 0.299. The SMILES string of the molecule is Cc1ccc(N=c2c3c([N+](=O)[O-])cc([N+](=O)[O-])cc3n(O)n2-c2ccc(C)cc2)cc1. The average Bonchev–Trinajstić information content (AvgIpc) is 3.01. The number of nitrogens with zero attached hydrogens (tertiary/aromatic N) is 5. The highest BCUT2D eigenvalue weighted by Crippen LogP contribution is 2.30. The van der Waals surface area contributed by atoms with E-state index < -0.39 is 21.2 Å². The fourth-order valence-corrected chi connectivity index (χ4v) is 3.30. The number of benzene rings is 3. The number of non-ortho nitro benzene ring substituents is 2. The van der Waals surface area contributed by atoms with Crippen LogP contribution in [0.1, 0.15) is 11.1 Å². The van der Waals surface area contributed by atoms with Gasteiger partial charge in [-0.3, -0.25) is 20.2 Å². The van der Waals surface area contributed by atoms with Crippen LogP contribution in [-0.4, -0.2) is 24.6 Å². The van der Waals surface area contributed by atoms with Crippen molar-refractivity contribution in [1.82, 2.24) is 9.53 Å². The number of hydrogen-bond acceptors (Lipinski definition) is 6. The first kappa shape index (κ1) is 19.8. The maximum atomic E-state index is 11.8. The van der Waals surface area contributed by atoms with Crippen molar-refractivity contribution >= 4 is 28.0 Å². The van der Waals surface area contributed by atoms with Crippen molar-refractivity contribution in [2.45, 2.75) is 13.8 Å². The number of rotatable bonds is 4. The zero-order valence-electron chi connectivity index (χ0n) is 16.6. The van der Waals surface area contributed by atoms with Crippen molar-refractivity contribution < 1.29 is 15.1 Å². The molecule has 0 aliphatic carbocycles. The minimum Gasteiger partial charge on any atom is -0.412 e. The van der Waals surface area contributed by atoms with Gasteiger partial charge in [0.2, 0.25) is 0 Å². The van der Waals surface area contributed by atoms with Gasteiger partial charge in [-0.15, -0.1) is 4.85 Å². The number of aryl methyl sites for hydroxylation is 2. The van der Waals surface area contributed by atoms with Crippen LogP contribution in [0.2, 0.25) is 0 Å². The van der Waals surface area contributed by atoms with Gasteiger partial charge < -0.3 is 5.21 Å². The first-order valence-corrected chi connectivity index (χ1v) is 9.24. The van der Waals surface area contributed by atoms with Crippen LogP contribution >= 0.6 is 0 Å². The molecule has 0 aliphatic rings. The summed E-state index contributed by atoms with van der Waals surface area (Å²) in [6, 6.07) is 16.2. The van der Waals surface area contributed by atoms with Gasteiger partial charge in [0.25, 0.3) is 11.4 Å². The summed E-state index contributed by atoms with van der Waals surface area (Å²) in [6.07, 6.45) is 0. The Morgan fingerprint density at radius 2 is 1.45 bits per heavy atom. The van der Waals surface area contributed by atoms with Crippen LogP contribution in [-0.2, 0) is 0 Å². The third-order valence-corrected chi connectivity index (χ3v) is 4.87. The molecule has 0 bridgehead atoms. The first-order chi connectivity index (χ1) is 14.8. The Kier molecular flexibility index (Phi) is 4.74. The molecule has 0 saturated heterocycles. The molecule has 0 amide bonds. The Bertz CT molecular complexity index is 1400. The van der Waals surface area contributed by atoms with Gasteiger partial charge in [0.1, 0.15) is 10.9 Å². The molecule has 0 unspecified atom stereocenters. The molecule has 4 rings (SSSR count). The molecular weight excluding hydrogens is 402 g/mol. The molecule has 1 N–H and O–H groups in total. The Morgan fingerprint density at radius 3 is 2.00 bits per heavy atom. The monoisotopic (exact) mass is 419 g/mol. The molecule has 1 aromatic heterocycles. The van der Waals surface area contributed by atoms with Crippen LogP contribution in [0, 0.1) is 34.1 Å². The van der Waals surface area contributed by atoms with Crippen LogP contribution in [0.3, 0.4) is 0 Å². The number of nitro benzene ring substituents is 2. The molecule has 10 nitrogen and oxygen atoms in total. The van der Waals surface area contributed by atoms with E-state index in [4.69, 9.17) is 0 Å². The predicted octanol–water partition coefficient (Wildman–Crippen LogP) is 4.33. The fourth-order valence-electron chi connectivity index (χ4n) is 3.30. The van der Waals surface area contributed by atoms with E-state index in [1.165, 1.54) is 4.68 Å². The minimum atomic E-state index is -0.744. The van der Waals surface area contributed by atoms with Gasteiger partial charge in [-0.25, -0.2) is 9.67 Å². The molecule has 3 aromatic carbocycles. The normalized spacial score (nSPS) is 11.7. The summed E-state index contributed by atoms with van der Waals surface area (Å²) in [4.78, 5) is 26.8. The number of nitro groups is 2. The Morgan fingerprint density at radius 1 is 0.871 bits per heavy atom. The Labute approximate surface area is 175 Å². The van der Waals surface area contributed by atoms with Crippen LogP contribution in [0.5, 0.6) is 0 Å². The molecule has 10 heteroatoms. The van der Waals surface area contributed by atoms with Crippen molar-refractivity contribution in [3.63, 3.8) is 0 Å². The topological polar surface area (TPSA) is 129 Å². The predicted molar refractivity (Wildman–Crippen MR) is 113 cm³/mol. The van der Waals surface area contributed by atoms with Gasteiger partial charge in [-0.2, -0.15) is 0 Å². The third-order valence-electron chi connectivity index (χ3n) is 4.87. The molecule has 0 atom stereocenters. The second-order valence-corrected chi connectivity index (χ2v) is 7.08. The number of aromatic nitrogens is 2. The van der Waals surface area contributed by atoms with E-state index in [-0.39, 0.29) is 16.4 Å². The van der Waals surface area contributed by atoms with Crippen LogP contribution in [0.25, 0.3) is 16.6 Å². The average molecular weight is 419 g/mol. The van der Waals surface area contributed by atoms with Crippen molar-refractivity contribution in [2.24, 2.45) is 4.99 Å². The second kappa shape index (κ2) is 7.41. The van der Waals surface area contributed by atoms with E-state index in [9.17, 15) is 25.4 Å². The molecule has 1 heterocycles. The summed E-state index contributed by atoms with van der Waals surface area (Å²) in [6.45, 7) is 3.81. The van der Waals surface area contributed by atoms with Crippen molar-refractivity contribution in [3.8, 4) is 5.69 Å². The first-order valence-electron chi connectivity index (χ1n) is 9.24. The van der Waals surface area contributed by atoms with Crippen LogP contribution in [0.15, 0.2) is 65.7 Å². The maximum Gasteiger partial charge on any atom is 0.289 e. The zero-order chi connectivity index (χ0) is 22.3. The Hall–Kier alpha value is -4.47. The van der Waals surface area contributed by atoms with Gasteiger partial charge in [0.05, 0.1) is 27.3 Å². The number of fused-ring (bicyclic) bond motifs is 1. The maximum absolute atomic E-state index is 11.8. The van der Waals surface area contributed by atoms with Crippen LogP contribution < -0.4 is 5.49 Å². The van der Waals surface area contributed by atoms with Gasteiger partial charge in [0.15, 0.2) is 5.49 Å². The molecule has 0 fully saturated rings. The lowest BCUT2D eigenvalue weighted by Crippen LogP contribution is -2.21. The highest BCUT2D eigenvalue weighted by molar-refractivity contribution is 5.90. The van der Waals surface area contributed by atoms with Crippen LogP contribution in [0.4, 0.5) is 17.1 Å². The summed E-state index contributed by atoms with van der Waals surface area (Å²) in [5, 5.41) is 34.0. The summed E-state index contributed by atoms with van der Waals surface area (Å²) in [7, 11) is 0. The number of hydrogen-bond donors (Lipinski definition) is 1. The highest BCUT2D eigenvalue weighted by atomic mass is 16.6. The standard InChI is InChI=1S/C21H17N5O5/c1-13-3-7-15(8-4-13)22-21-20-18(11-17(25(28)29)12-19(20)26(30)31)24(27)23(21)16-9-5-14(2)6-10-16/h3-12,27H,1-2H3. The molecule has 4 aromatic rings. The lowest BCUT2D eigenvalue weighted by Gasteiger charge is -2.07. The summed E-state index contributed by atoms with van der Waals surface area (Å²) >= 11 is 0. The second-order valence-electron chi connectivity index (χ2n) is 7.08.